The normalized spacial score (nSPS) is 11.0. The van der Waals surface area contributed by atoms with E-state index in [1.807, 2.05) is 0 Å². The maximum Gasteiger partial charge on any atom is 0.410 e. The van der Waals surface area contributed by atoms with Crippen molar-refractivity contribution in [3.63, 3.8) is 0 Å². The third-order valence-electron chi connectivity index (χ3n) is 2.57. The summed E-state index contributed by atoms with van der Waals surface area (Å²) in [5.74, 6) is -2.05. The fourth-order valence-corrected chi connectivity index (χ4v) is 1.49. The van der Waals surface area contributed by atoms with Gasteiger partial charge in [-0.3, -0.25) is 4.79 Å². The van der Waals surface area contributed by atoms with Crippen molar-refractivity contribution < 1.29 is 27.8 Å². The summed E-state index contributed by atoms with van der Waals surface area (Å²) in [6, 6.07) is 1.83. The van der Waals surface area contributed by atoms with Crippen LogP contribution in [0.25, 0.3) is 0 Å². The fraction of sp³-hybridized carbons (Fsp3) is 0.467. The molecule has 0 bridgehead atoms. The molecule has 122 valence electrons. The van der Waals surface area contributed by atoms with E-state index < -0.39 is 28.9 Å². The second-order valence-electron chi connectivity index (χ2n) is 5.67. The van der Waals surface area contributed by atoms with Crippen LogP contribution in [-0.2, 0) is 4.74 Å². The summed E-state index contributed by atoms with van der Waals surface area (Å²) < 4.78 is 37.1. The van der Waals surface area contributed by atoms with Crippen LogP contribution in [0.2, 0.25) is 0 Å². The molecule has 0 radical (unpaired) electrons. The van der Waals surface area contributed by atoms with Crippen molar-refractivity contribution in [3.8, 4) is 5.75 Å². The van der Waals surface area contributed by atoms with Crippen LogP contribution in [0.3, 0.4) is 0 Å². The first-order valence-electron chi connectivity index (χ1n) is 6.65. The summed E-state index contributed by atoms with van der Waals surface area (Å²) in [5.41, 5.74) is -1.25. The lowest BCUT2D eigenvalue weighted by molar-refractivity contribution is 0.0278. The molecule has 0 atom stereocenters. The van der Waals surface area contributed by atoms with Gasteiger partial charge in [0.25, 0.3) is 0 Å². The predicted octanol–water partition coefficient (Wildman–Crippen LogP) is 3.02. The number of carbonyl (C=O) groups excluding carboxylic acids is 2. The molecule has 0 spiro atoms. The minimum Gasteiger partial charge on any atom is -0.492 e. The maximum absolute atomic E-state index is 13.4. The summed E-state index contributed by atoms with van der Waals surface area (Å²) >= 11 is 0. The molecule has 0 heterocycles. The van der Waals surface area contributed by atoms with Crippen LogP contribution in [0.5, 0.6) is 5.75 Å². The summed E-state index contributed by atoms with van der Waals surface area (Å²) in [4.78, 5) is 23.4. The van der Waals surface area contributed by atoms with Crippen LogP contribution in [0.4, 0.5) is 13.6 Å². The van der Waals surface area contributed by atoms with Gasteiger partial charge in [0.15, 0.2) is 6.29 Å². The molecular formula is C15H19F2NO4. The van der Waals surface area contributed by atoms with Crippen LogP contribution in [-0.4, -0.2) is 43.1 Å². The van der Waals surface area contributed by atoms with E-state index in [0.29, 0.717) is 0 Å². The molecule has 0 fully saturated rings. The molecule has 1 aromatic carbocycles. The van der Waals surface area contributed by atoms with Crippen molar-refractivity contribution in [2.24, 2.45) is 0 Å². The Kier molecular flexibility index (Phi) is 5.84. The Bertz CT molecular complexity index is 532. The van der Waals surface area contributed by atoms with Crippen LogP contribution < -0.4 is 4.74 Å². The molecule has 0 aliphatic carbocycles. The number of benzene rings is 1. The molecule has 7 heteroatoms. The third kappa shape index (κ3) is 5.31. The summed E-state index contributed by atoms with van der Waals surface area (Å²) in [5, 5.41) is 0. The van der Waals surface area contributed by atoms with Crippen molar-refractivity contribution >= 4 is 12.4 Å². The number of nitrogens with zero attached hydrogens (tertiary/aromatic N) is 1. The second-order valence-corrected chi connectivity index (χ2v) is 5.67. The number of likely N-dealkylation sites (N-methyl/N-ethyl adjacent to an activating group) is 1. The molecule has 0 aliphatic heterocycles. The lowest BCUT2D eigenvalue weighted by atomic mass is 10.2. The Morgan fingerprint density at radius 1 is 1.27 bits per heavy atom. The van der Waals surface area contributed by atoms with Crippen LogP contribution in [0.15, 0.2) is 12.1 Å². The zero-order valence-electron chi connectivity index (χ0n) is 13.0. The molecule has 0 saturated carbocycles. The minimum atomic E-state index is -0.995. The highest BCUT2D eigenvalue weighted by molar-refractivity contribution is 5.76. The average molecular weight is 315 g/mol. The Hall–Kier alpha value is -2.18. The van der Waals surface area contributed by atoms with Gasteiger partial charge in [-0.05, 0) is 20.8 Å². The monoisotopic (exact) mass is 315 g/mol. The lowest BCUT2D eigenvalue weighted by Gasteiger charge is -2.24. The number of rotatable bonds is 5. The first kappa shape index (κ1) is 17.9. The second kappa shape index (κ2) is 7.20. The van der Waals surface area contributed by atoms with Crippen molar-refractivity contribution in [2.75, 3.05) is 20.2 Å². The number of hydrogen-bond donors (Lipinski definition) is 0. The largest absolute Gasteiger partial charge is 0.492 e. The van der Waals surface area contributed by atoms with Crippen molar-refractivity contribution in [1.82, 2.24) is 4.90 Å². The molecule has 0 saturated heterocycles. The zero-order valence-corrected chi connectivity index (χ0v) is 13.0. The molecular weight excluding hydrogens is 296 g/mol. The van der Waals surface area contributed by atoms with Gasteiger partial charge >= 0.3 is 6.09 Å². The van der Waals surface area contributed by atoms with Crippen molar-refractivity contribution in [2.45, 2.75) is 26.4 Å². The standard InChI is InChI=1S/C15H19F2NO4/c1-15(2,3)22-14(20)18(4)5-6-21-10-7-12(16)11(9-19)13(17)8-10/h7-9H,5-6H2,1-4H3. The number of halogens is 2. The Morgan fingerprint density at radius 3 is 2.27 bits per heavy atom. The quantitative estimate of drug-likeness (QED) is 0.784. The summed E-state index contributed by atoms with van der Waals surface area (Å²) in [6.45, 7) is 5.43. The highest BCUT2D eigenvalue weighted by Crippen LogP contribution is 2.19. The molecule has 5 nitrogen and oxygen atoms in total. The first-order valence-corrected chi connectivity index (χ1v) is 6.65. The number of amides is 1. The van der Waals surface area contributed by atoms with Crippen molar-refractivity contribution in [1.29, 1.82) is 0 Å². The van der Waals surface area contributed by atoms with Gasteiger partial charge in [0, 0.05) is 19.2 Å². The molecule has 0 unspecified atom stereocenters. The van der Waals surface area contributed by atoms with Gasteiger partial charge in [-0.1, -0.05) is 0 Å². The van der Waals surface area contributed by atoms with E-state index in [0.717, 1.165) is 12.1 Å². The number of carbonyl (C=O) groups is 2. The minimum absolute atomic E-state index is 0.0229. The van der Waals surface area contributed by atoms with E-state index in [1.165, 1.54) is 11.9 Å². The first-order chi connectivity index (χ1) is 10.1. The van der Waals surface area contributed by atoms with Gasteiger partial charge < -0.3 is 14.4 Å². The predicted molar refractivity (Wildman–Crippen MR) is 76.1 cm³/mol. The fourth-order valence-electron chi connectivity index (χ4n) is 1.49. The lowest BCUT2D eigenvalue weighted by Crippen LogP contribution is -2.36. The third-order valence-corrected chi connectivity index (χ3v) is 2.57. The van der Waals surface area contributed by atoms with E-state index in [2.05, 4.69) is 0 Å². The number of hydrogen-bond acceptors (Lipinski definition) is 4. The SMILES string of the molecule is CN(CCOc1cc(F)c(C=O)c(F)c1)C(=O)OC(C)(C)C. The van der Waals surface area contributed by atoms with Crippen LogP contribution in [0.1, 0.15) is 31.1 Å². The molecule has 1 aromatic rings. The molecule has 0 aliphatic rings. The topological polar surface area (TPSA) is 55.8 Å². The van der Waals surface area contributed by atoms with Crippen LogP contribution >= 0.6 is 0 Å². The maximum atomic E-state index is 13.4. The highest BCUT2D eigenvalue weighted by Gasteiger charge is 2.19. The molecule has 1 rings (SSSR count). The Balaban J connectivity index is 2.54. The van der Waals surface area contributed by atoms with E-state index >= 15 is 0 Å². The van der Waals surface area contributed by atoms with Crippen LogP contribution in [0, 0.1) is 11.6 Å². The molecule has 1 amide bonds. The number of aldehydes is 1. The van der Waals surface area contributed by atoms with Gasteiger partial charge in [0.2, 0.25) is 0 Å². The van der Waals surface area contributed by atoms with E-state index in [-0.39, 0.29) is 25.2 Å². The van der Waals surface area contributed by atoms with Gasteiger partial charge in [-0.2, -0.15) is 0 Å². The Morgan fingerprint density at radius 2 is 1.82 bits per heavy atom. The van der Waals surface area contributed by atoms with E-state index in [4.69, 9.17) is 9.47 Å². The summed E-state index contributed by atoms with van der Waals surface area (Å²) in [6.07, 6.45) is -0.421. The zero-order chi connectivity index (χ0) is 16.9. The smallest absolute Gasteiger partial charge is 0.410 e. The van der Waals surface area contributed by atoms with E-state index in [9.17, 15) is 18.4 Å². The van der Waals surface area contributed by atoms with Gasteiger partial charge in [0.05, 0.1) is 12.1 Å². The van der Waals surface area contributed by atoms with Gasteiger partial charge in [-0.15, -0.1) is 0 Å². The van der Waals surface area contributed by atoms with Crippen molar-refractivity contribution in [3.05, 3.63) is 29.3 Å². The average Bonchev–Trinajstić information content (AvgIpc) is 2.36. The van der Waals surface area contributed by atoms with Gasteiger partial charge in [-0.25, -0.2) is 13.6 Å². The van der Waals surface area contributed by atoms with Gasteiger partial charge in [0.1, 0.15) is 29.6 Å². The molecule has 0 aromatic heterocycles. The summed E-state index contributed by atoms with van der Waals surface area (Å²) in [7, 11) is 1.52. The molecule has 0 N–H and O–H groups in total. The van der Waals surface area contributed by atoms with E-state index in [1.54, 1.807) is 20.8 Å². The highest BCUT2D eigenvalue weighted by atomic mass is 19.1. The number of ether oxygens (including phenoxy) is 2. The Labute approximate surface area is 127 Å². The molecule has 22 heavy (non-hydrogen) atoms.